The predicted molar refractivity (Wildman–Crippen MR) is 186 cm³/mol. The van der Waals surface area contributed by atoms with Gasteiger partial charge in [-0.15, -0.1) is 0 Å². The minimum Gasteiger partial charge on any atom is -0.359 e. The Bertz CT molecular complexity index is 1720. The molecular weight excluding hydrogens is 592 g/mol. The van der Waals surface area contributed by atoms with Crippen LogP contribution in [0.4, 0.5) is 0 Å². The molecule has 0 bridgehead atoms. The molecule has 47 heavy (non-hydrogen) atoms. The van der Waals surface area contributed by atoms with Crippen LogP contribution in [0.5, 0.6) is 0 Å². The van der Waals surface area contributed by atoms with Gasteiger partial charge in [0.2, 0.25) is 12.3 Å². The second-order valence-electron chi connectivity index (χ2n) is 13.3. The summed E-state index contributed by atoms with van der Waals surface area (Å²) in [4.78, 5) is 48.5. The molecule has 2 fully saturated rings. The number of H-pyrrole nitrogens is 2. The van der Waals surface area contributed by atoms with Crippen molar-refractivity contribution >= 4 is 34.1 Å². The van der Waals surface area contributed by atoms with Gasteiger partial charge in [0, 0.05) is 55.2 Å². The Morgan fingerprint density at radius 3 is 2.57 bits per heavy atom. The van der Waals surface area contributed by atoms with Crippen LogP contribution in [-0.2, 0) is 16.0 Å². The predicted octanol–water partition coefficient (Wildman–Crippen LogP) is 2.76. The highest BCUT2D eigenvalue weighted by atomic mass is 16.2. The van der Waals surface area contributed by atoms with E-state index in [9.17, 15) is 14.4 Å². The highest BCUT2D eigenvalue weighted by Crippen LogP contribution is 2.24. The number of fused-ring (bicyclic) bond motifs is 2. The van der Waals surface area contributed by atoms with Gasteiger partial charge >= 0.3 is 0 Å². The van der Waals surface area contributed by atoms with Gasteiger partial charge in [0.15, 0.2) is 0 Å². The number of nitrogens with zero attached hydrogens (tertiary/aromatic N) is 4. The number of piperidine rings is 1. The first-order valence-electron chi connectivity index (χ1n) is 17.1. The number of carbonyl (C=O) groups is 2. The molecule has 0 saturated carbocycles. The van der Waals surface area contributed by atoms with Crippen LogP contribution >= 0.6 is 0 Å². The molecule has 0 spiro atoms. The average Bonchev–Trinajstić information content (AvgIpc) is 3.57. The zero-order valence-corrected chi connectivity index (χ0v) is 27.6. The number of para-hydroxylation sites is 1. The molecule has 250 valence electrons. The van der Waals surface area contributed by atoms with Gasteiger partial charge in [-0.3, -0.25) is 24.4 Å². The van der Waals surface area contributed by atoms with Gasteiger partial charge in [-0.25, -0.2) is 0 Å². The molecule has 2 aromatic carbocycles. The van der Waals surface area contributed by atoms with Crippen LogP contribution in [0, 0.1) is 6.92 Å². The molecule has 2 atom stereocenters. The molecule has 2 aliphatic rings. The van der Waals surface area contributed by atoms with Crippen molar-refractivity contribution in [1.82, 2.24) is 40.5 Å². The van der Waals surface area contributed by atoms with Crippen LogP contribution in [0.3, 0.4) is 0 Å². The Labute approximate surface area is 276 Å². The van der Waals surface area contributed by atoms with Crippen LogP contribution in [-0.4, -0.2) is 114 Å². The maximum absolute atomic E-state index is 14.2. The zero-order valence-electron chi connectivity index (χ0n) is 27.6. The van der Waals surface area contributed by atoms with Crippen molar-refractivity contribution in [2.24, 2.45) is 0 Å². The van der Waals surface area contributed by atoms with Crippen molar-refractivity contribution in [2.75, 3.05) is 59.4 Å². The van der Waals surface area contributed by atoms with Crippen molar-refractivity contribution in [3.8, 4) is 0 Å². The summed E-state index contributed by atoms with van der Waals surface area (Å²) in [6.07, 6.45) is 6.73. The lowest BCUT2D eigenvalue weighted by Crippen LogP contribution is -2.57. The summed E-state index contributed by atoms with van der Waals surface area (Å²) in [5.41, 5.74) is 4.60. The van der Waals surface area contributed by atoms with Crippen molar-refractivity contribution in [1.29, 1.82) is 0 Å². The van der Waals surface area contributed by atoms with Gasteiger partial charge in [0.05, 0.1) is 17.8 Å². The first-order valence-corrected chi connectivity index (χ1v) is 17.1. The number of hydrogen-bond acceptors (Lipinski definition) is 7. The van der Waals surface area contributed by atoms with Crippen LogP contribution in [0.25, 0.3) is 21.8 Å². The third-order valence-electron chi connectivity index (χ3n) is 10.2. The third kappa shape index (κ3) is 7.91. The molecule has 2 unspecified atom stereocenters. The number of aromatic amines is 2. The lowest BCUT2D eigenvalue weighted by molar-refractivity contribution is -0.135. The number of amides is 2. The van der Waals surface area contributed by atoms with Gasteiger partial charge in [-0.2, -0.15) is 5.10 Å². The molecule has 2 amide bonds. The second kappa shape index (κ2) is 15.2. The maximum Gasteiger partial charge on any atom is 0.251 e. The number of pyridine rings is 1. The van der Waals surface area contributed by atoms with Gasteiger partial charge in [-0.05, 0) is 106 Å². The van der Waals surface area contributed by atoms with Crippen molar-refractivity contribution < 1.29 is 9.59 Å². The quantitative estimate of drug-likeness (QED) is 0.131. The number of hydrogen-bond donors (Lipinski definition) is 4. The Balaban J connectivity index is 1.17. The number of nitrogens with one attached hydrogen (secondary N) is 4. The van der Waals surface area contributed by atoms with E-state index in [-0.39, 0.29) is 17.4 Å². The summed E-state index contributed by atoms with van der Waals surface area (Å²) in [5.74, 6) is 0.0300. The van der Waals surface area contributed by atoms with Crippen molar-refractivity contribution in [3.05, 3.63) is 75.7 Å². The summed E-state index contributed by atoms with van der Waals surface area (Å²) >= 11 is 0. The van der Waals surface area contributed by atoms with Crippen molar-refractivity contribution in [3.63, 3.8) is 0 Å². The number of piperazine rings is 1. The largest absolute Gasteiger partial charge is 0.359 e. The molecule has 2 aromatic heterocycles. The van der Waals surface area contributed by atoms with Crippen LogP contribution < -0.4 is 16.2 Å². The average molecular weight is 641 g/mol. The van der Waals surface area contributed by atoms with Gasteiger partial charge in [-0.1, -0.05) is 24.3 Å². The smallest absolute Gasteiger partial charge is 0.251 e. The fourth-order valence-electron chi connectivity index (χ4n) is 7.47. The minimum atomic E-state index is -0.405. The number of aryl methyl sites for hydroxylation is 1. The molecule has 4 aromatic rings. The molecule has 4 N–H and O–H groups in total. The lowest BCUT2D eigenvalue weighted by atomic mass is 9.92. The molecule has 0 aliphatic carbocycles. The van der Waals surface area contributed by atoms with E-state index in [1.807, 2.05) is 41.4 Å². The molecule has 6 rings (SSSR count). The van der Waals surface area contributed by atoms with Gasteiger partial charge in [0.1, 0.15) is 0 Å². The highest BCUT2D eigenvalue weighted by Gasteiger charge is 2.31. The van der Waals surface area contributed by atoms with Crippen LogP contribution in [0.2, 0.25) is 0 Å². The monoisotopic (exact) mass is 640 g/mol. The van der Waals surface area contributed by atoms with E-state index in [1.54, 1.807) is 0 Å². The normalized spacial score (nSPS) is 18.0. The minimum absolute atomic E-state index is 0.0957. The Kier molecular flexibility index (Phi) is 10.6. The van der Waals surface area contributed by atoms with E-state index in [0.29, 0.717) is 50.4 Å². The molecule has 11 nitrogen and oxygen atoms in total. The Morgan fingerprint density at radius 2 is 1.79 bits per heavy atom. The molecule has 11 heteroatoms. The van der Waals surface area contributed by atoms with E-state index in [2.05, 4.69) is 61.7 Å². The van der Waals surface area contributed by atoms with Crippen LogP contribution in [0.15, 0.2) is 53.5 Å². The number of carbonyl (C=O) groups excluding carboxylic acids is 2. The SMILES string of the molecule is Cc1cc(CC(NCCC(CCNC=O)c2cc3ccccc3[nH]c2=O)C(=O)N2CCN(C3CCN(C)CC3)CC2)cc2cn[nH]c12. The van der Waals surface area contributed by atoms with Crippen molar-refractivity contribution in [2.45, 2.75) is 57.0 Å². The fraction of sp³-hybridized carbons (Fsp3) is 0.500. The summed E-state index contributed by atoms with van der Waals surface area (Å²) < 4.78 is 0. The standard InChI is InChI=1S/C36H48N8O3/c1-25-19-26(20-29-23-39-41-34(25)29)21-33(36(47)44-17-15-43(16-18-44)30-9-13-42(2)14-10-30)38-12-8-27(7-11-37-24-45)31-22-28-5-3-4-6-32(28)40-35(31)46/h3-6,19-20,22-24,27,30,33,38H,7-18,21H2,1-2H3,(H,37,45)(H,39,41)(H,40,46). The van der Waals surface area contributed by atoms with Gasteiger partial charge < -0.3 is 25.4 Å². The number of aromatic nitrogens is 3. The zero-order chi connectivity index (χ0) is 32.8. The molecule has 4 heterocycles. The molecule has 2 aliphatic heterocycles. The summed E-state index contributed by atoms with van der Waals surface area (Å²) in [6, 6.07) is 14.2. The topological polar surface area (TPSA) is 129 Å². The van der Waals surface area contributed by atoms with Crippen LogP contribution in [0.1, 0.15) is 48.3 Å². The second-order valence-corrected chi connectivity index (χ2v) is 13.3. The van der Waals surface area contributed by atoms with E-state index in [1.165, 1.54) is 12.8 Å². The van der Waals surface area contributed by atoms with E-state index in [0.717, 1.165) is 72.2 Å². The third-order valence-corrected chi connectivity index (χ3v) is 10.2. The fourth-order valence-corrected chi connectivity index (χ4v) is 7.47. The highest BCUT2D eigenvalue weighted by molar-refractivity contribution is 5.84. The summed E-state index contributed by atoms with van der Waals surface area (Å²) in [7, 11) is 2.19. The number of benzene rings is 2. The number of rotatable bonds is 13. The van der Waals surface area contributed by atoms with E-state index in [4.69, 9.17) is 0 Å². The Morgan fingerprint density at radius 1 is 1.02 bits per heavy atom. The number of likely N-dealkylation sites (tertiary alicyclic amines) is 1. The Hall–Kier alpha value is -4.06. The summed E-state index contributed by atoms with van der Waals surface area (Å²) in [5, 5.41) is 15.7. The maximum atomic E-state index is 14.2. The molecule has 0 radical (unpaired) electrons. The first kappa shape index (κ1) is 32.9. The first-order chi connectivity index (χ1) is 22.9. The van der Waals surface area contributed by atoms with E-state index < -0.39 is 6.04 Å². The molecular formula is C36H48N8O3. The van der Waals surface area contributed by atoms with Gasteiger partial charge in [0.25, 0.3) is 5.56 Å². The summed E-state index contributed by atoms with van der Waals surface area (Å²) in [6.45, 7) is 8.62. The molecule has 2 saturated heterocycles. The van der Waals surface area contributed by atoms with E-state index >= 15 is 0 Å². The lowest BCUT2D eigenvalue weighted by Gasteiger charge is -2.42.